The first-order valence-corrected chi connectivity index (χ1v) is 3.94. The first-order valence-electron chi connectivity index (χ1n) is 3.94. The molecule has 0 aromatic carbocycles. The van der Waals surface area contributed by atoms with Gasteiger partial charge in [-0.1, -0.05) is 31.1 Å². The van der Waals surface area contributed by atoms with Gasteiger partial charge in [0.15, 0.2) is 0 Å². The Hall–Kier alpha value is -0.900. The second-order valence-electron chi connectivity index (χ2n) is 3.92. The number of nitrogens with zero attached hydrogens (tertiary/aromatic N) is 2. The zero-order chi connectivity index (χ0) is 9.35. The van der Waals surface area contributed by atoms with Crippen LogP contribution in [-0.4, -0.2) is 15.4 Å². The molecule has 0 amide bonds. The highest BCUT2D eigenvalue weighted by Crippen LogP contribution is 2.26. The molecule has 12 heavy (non-hydrogen) atoms. The van der Waals surface area contributed by atoms with Crippen LogP contribution in [-0.2, 0) is 5.41 Å². The molecule has 1 atom stereocenters. The Bertz CT molecular complexity index is 260. The molecule has 0 spiro atoms. The topological polar surface area (TPSA) is 59.2 Å². The van der Waals surface area contributed by atoms with E-state index in [9.17, 15) is 5.11 Å². The van der Waals surface area contributed by atoms with Gasteiger partial charge in [-0.05, 0) is 6.92 Å². The summed E-state index contributed by atoms with van der Waals surface area (Å²) in [5.41, 5.74) is 1.12. The van der Waals surface area contributed by atoms with Gasteiger partial charge in [-0.15, -0.1) is 0 Å². The van der Waals surface area contributed by atoms with Crippen molar-refractivity contribution in [2.75, 3.05) is 0 Å². The Morgan fingerprint density at radius 3 is 2.25 bits per heavy atom. The maximum Gasteiger partial charge on any atom is 0.137 e. The van der Waals surface area contributed by atoms with Gasteiger partial charge in [0.25, 0.3) is 0 Å². The summed E-state index contributed by atoms with van der Waals surface area (Å²) in [6, 6.07) is 0. The number of hydrogen-bond donors (Lipinski definition) is 1. The van der Waals surface area contributed by atoms with E-state index in [0.717, 1.165) is 5.69 Å². The molecule has 1 heterocycles. The average molecular weight is 170 g/mol. The van der Waals surface area contributed by atoms with Crippen molar-refractivity contribution >= 4 is 0 Å². The van der Waals surface area contributed by atoms with E-state index in [2.05, 4.69) is 14.9 Å². The van der Waals surface area contributed by atoms with Crippen LogP contribution in [0, 0.1) is 0 Å². The van der Waals surface area contributed by atoms with Crippen molar-refractivity contribution in [1.29, 1.82) is 0 Å². The molecular weight excluding hydrogens is 156 g/mol. The molecule has 0 aliphatic heterocycles. The second kappa shape index (κ2) is 2.86. The fourth-order valence-electron chi connectivity index (χ4n) is 0.990. The highest BCUT2D eigenvalue weighted by molar-refractivity contribution is 5.18. The van der Waals surface area contributed by atoms with Crippen molar-refractivity contribution in [3.05, 3.63) is 11.4 Å². The lowest BCUT2D eigenvalue weighted by molar-refractivity contribution is 0.184. The Kier molecular flexibility index (Phi) is 2.19. The van der Waals surface area contributed by atoms with Crippen molar-refractivity contribution in [3.8, 4) is 0 Å². The van der Waals surface area contributed by atoms with E-state index in [1.165, 1.54) is 0 Å². The molecule has 0 radical (unpaired) electrons. The summed E-state index contributed by atoms with van der Waals surface area (Å²) < 4.78 is 4.57. The van der Waals surface area contributed by atoms with Crippen molar-refractivity contribution < 1.29 is 9.74 Å². The molecule has 0 bridgehead atoms. The summed E-state index contributed by atoms with van der Waals surface area (Å²) in [6.45, 7) is 7.64. The standard InChI is InChI=1S/C8H14N2O2/c1-5(11)6-7(8(2,3)4)10-12-9-6/h5,11H,1-4H3. The molecule has 0 fully saturated rings. The van der Waals surface area contributed by atoms with Crippen molar-refractivity contribution in [2.45, 2.75) is 39.2 Å². The summed E-state index contributed by atoms with van der Waals surface area (Å²) in [4.78, 5) is 0. The van der Waals surface area contributed by atoms with Crippen LogP contribution >= 0.6 is 0 Å². The fourth-order valence-corrected chi connectivity index (χ4v) is 0.990. The molecule has 1 aromatic rings. The third kappa shape index (κ3) is 1.64. The average Bonchev–Trinajstić information content (AvgIpc) is 2.30. The molecule has 1 rings (SSSR count). The van der Waals surface area contributed by atoms with Crippen LogP contribution in [0.4, 0.5) is 0 Å². The van der Waals surface area contributed by atoms with Gasteiger partial charge in [0.2, 0.25) is 0 Å². The van der Waals surface area contributed by atoms with Crippen molar-refractivity contribution in [2.24, 2.45) is 0 Å². The van der Waals surface area contributed by atoms with Gasteiger partial charge < -0.3 is 5.11 Å². The lowest BCUT2D eigenvalue weighted by Gasteiger charge is -2.15. The first-order chi connectivity index (χ1) is 5.43. The van der Waals surface area contributed by atoms with Crippen LogP contribution in [0.15, 0.2) is 4.63 Å². The predicted molar refractivity (Wildman–Crippen MR) is 43.6 cm³/mol. The van der Waals surface area contributed by atoms with Crippen LogP contribution in [0.1, 0.15) is 45.2 Å². The summed E-state index contributed by atoms with van der Waals surface area (Å²) in [5.74, 6) is 0. The number of rotatable bonds is 1. The summed E-state index contributed by atoms with van der Waals surface area (Å²) >= 11 is 0. The zero-order valence-corrected chi connectivity index (χ0v) is 7.83. The van der Waals surface area contributed by atoms with E-state index in [1.54, 1.807) is 6.92 Å². The van der Waals surface area contributed by atoms with Gasteiger partial charge in [-0.3, -0.25) is 0 Å². The van der Waals surface area contributed by atoms with Crippen LogP contribution in [0.25, 0.3) is 0 Å². The minimum atomic E-state index is -0.620. The third-order valence-electron chi connectivity index (χ3n) is 1.62. The predicted octanol–water partition coefficient (Wildman–Crippen LogP) is 1.42. The van der Waals surface area contributed by atoms with Crippen molar-refractivity contribution in [3.63, 3.8) is 0 Å². The molecule has 68 valence electrons. The van der Waals surface area contributed by atoms with Crippen LogP contribution < -0.4 is 0 Å². The molecule has 0 saturated carbocycles. The smallest absolute Gasteiger partial charge is 0.137 e. The quantitative estimate of drug-likeness (QED) is 0.692. The fraction of sp³-hybridized carbons (Fsp3) is 0.750. The van der Waals surface area contributed by atoms with E-state index in [4.69, 9.17) is 0 Å². The number of aromatic nitrogens is 2. The van der Waals surface area contributed by atoms with Crippen LogP contribution in [0.5, 0.6) is 0 Å². The largest absolute Gasteiger partial charge is 0.387 e. The molecule has 1 N–H and O–H groups in total. The Balaban J connectivity index is 3.08. The zero-order valence-electron chi connectivity index (χ0n) is 7.83. The highest BCUT2D eigenvalue weighted by atomic mass is 16.6. The molecule has 4 nitrogen and oxygen atoms in total. The molecule has 0 aliphatic carbocycles. The third-order valence-corrected chi connectivity index (χ3v) is 1.62. The number of aliphatic hydroxyl groups excluding tert-OH is 1. The molecule has 4 heteroatoms. The molecule has 1 aromatic heterocycles. The van der Waals surface area contributed by atoms with Crippen LogP contribution in [0.3, 0.4) is 0 Å². The summed E-state index contributed by atoms with van der Waals surface area (Å²) in [5, 5.41) is 16.7. The minimum Gasteiger partial charge on any atom is -0.387 e. The molecular formula is C8H14N2O2. The SMILES string of the molecule is CC(O)c1nonc1C(C)(C)C. The van der Waals surface area contributed by atoms with E-state index >= 15 is 0 Å². The molecule has 0 saturated heterocycles. The first kappa shape index (κ1) is 9.19. The number of hydrogen-bond acceptors (Lipinski definition) is 4. The highest BCUT2D eigenvalue weighted by Gasteiger charge is 2.25. The van der Waals surface area contributed by atoms with Gasteiger partial charge in [-0.2, -0.15) is 0 Å². The van der Waals surface area contributed by atoms with Crippen molar-refractivity contribution in [1.82, 2.24) is 10.3 Å². The molecule has 1 unspecified atom stereocenters. The maximum absolute atomic E-state index is 9.29. The monoisotopic (exact) mass is 170 g/mol. The van der Waals surface area contributed by atoms with Gasteiger partial charge in [0.05, 0.1) is 6.10 Å². The minimum absolute atomic E-state index is 0.133. The Morgan fingerprint density at radius 1 is 1.33 bits per heavy atom. The summed E-state index contributed by atoms with van der Waals surface area (Å²) in [6.07, 6.45) is -0.620. The molecule has 0 aliphatic rings. The van der Waals surface area contributed by atoms with Gasteiger partial charge >= 0.3 is 0 Å². The van der Waals surface area contributed by atoms with Gasteiger partial charge in [-0.25, -0.2) is 4.63 Å². The lowest BCUT2D eigenvalue weighted by atomic mass is 9.90. The van der Waals surface area contributed by atoms with Gasteiger partial charge in [0.1, 0.15) is 11.4 Å². The van der Waals surface area contributed by atoms with E-state index < -0.39 is 6.10 Å². The normalized spacial score (nSPS) is 14.8. The lowest BCUT2D eigenvalue weighted by Crippen LogP contribution is -2.15. The van der Waals surface area contributed by atoms with Gasteiger partial charge in [0, 0.05) is 5.41 Å². The number of aliphatic hydroxyl groups is 1. The maximum atomic E-state index is 9.29. The van der Waals surface area contributed by atoms with E-state index in [0.29, 0.717) is 5.69 Å². The Morgan fingerprint density at radius 2 is 1.92 bits per heavy atom. The second-order valence-corrected chi connectivity index (χ2v) is 3.92. The Labute approximate surface area is 71.6 Å². The summed E-state index contributed by atoms with van der Waals surface area (Å²) in [7, 11) is 0. The van der Waals surface area contributed by atoms with E-state index in [-0.39, 0.29) is 5.41 Å². The van der Waals surface area contributed by atoms with E-state index in [1.807, 2.05) is 20.8 Å². The van der Waals surface area contributed by atoms with Crippen LogP contribution in [0.2, 0.25) is 0 Å².